The Hall–Kier alpha value is -3.67. The van der Waals surface area contributed by atoms with E-state index in [1.807, 2.05) is 73.7 Å². The molecule has 2 N–H and O–H groups in total. The van der Waals surface area contributed by atoms with E-state index in [4.69, 9.17) is 0 Å². The molecule has 31 heavy (non-hydrogen) atoms. The first-order valence-electron chi connectivity index (χ1n) is 10.5. The Bertz CT molecular complexity index is 1220. The second-order valence-electron chi connectivity index (χ2n) is 8.24. The molecule has 6 heteroatoms. The Balaban J connectivity index is 1.33. The average molecular weight is 413 g/mol. The molecule has 0 bridgehead atoms. The quantitative estimate of drug-likeness (QED) is 0.644. The molecule has 4 amide bonds. The summed E-state index contributed by atoms with van der Waals surface area (Å²) in [5, 5.41) is 7.96. The van der Waals surface area contributed by atoms with Crippen molar-refractivity contribution in [3.8, 4) is 0 Å². The lowest BCUT2D eigenvalue weighted by Crippen LogP contribution is -2.44. The predicted octanol–water partition coefficient (Wildman–Crippen LogP) is 3.41. The zero-order valence-electron chi connectivity index (χ0n) is 17.2. The standard InChI is InChI=1S/C25H23N3O3/c1-16(19-11-6-9-17-7-2-4-10-20(17)19)26-22(29)15-28-23(30)25(27-24(28)31)14-13-18-8-3-5-12-21(18)25/h2-12,16H,13-15H2,1H3,(H,26,29)(H,27,31)/t16-,25+/m0/s1. The van der Waals surface area contributed by atoms with Crippen LogP contribution in [0.25, 0.3) is 10.8 Å². The summed E-state index contributed by atoms with van der Waals surface area (Å²) in [4.78, 5) is 39.7. The van der Waals surface area contributed by atoms with Crippen molar-refractivity contribution in [1.29, 1.82) is 0 Å². The van der Waals surface area contributed by atoms with Gasteiger partial charge in [-0.05, 0) is 47.2 Å². The van der Waals surface area contributed by atoms with Gasteiger partial charge in [0.1, 0.15) is 12.1 Å². The van der Waals surface area contributed by atoms with Crippen LogP contribution in [0.2, 0.25) is 0 Å². The first-order valence-corrected chi connectivity index (χ1v) is 10.5. The van der Waals surface area contributed by atoms with Crippen LogP contribution >= 0.6 is 0 Å². The molecule has 2 aliphatic rings. The van der Waals surface area contributed by atoms with E-state index in [0.29, 0.717) is 6.42 Å². The fourth-order valence-corrected chi connectivity index (χ4v) is 4.87. The molecular formula is C25H23N3O3. The molecule has 5 rings (SSSR count). The number of carbonyl (C=O) groups excluding carboxylic acids is 3. The van der Waals surface area contributed by atoms with Gasteiger partial charge in [-0.25, -0.2) is 4.79 Å². The second kappa shape index (κ2) is 7.23. The lowest BCUT2D eigenvalue weighted by Gasteiger charge is -2.22. The number of fused-ring (bicyclic) bond motifs is 3. The Morgan fingerprint density at radius 3 is 2.68 bits per heavy atom. The van der Waals surface area contributed by atoms with Gasteiger partial charge in [0.2, 0.25) is 5.91 Å². The van der Waals surface area contributed by atoms with E-state index in [1.165, 1.54) is 0 Å². The molecule has 156 valence electrons. The summed E-state index contributed by atoms with van der Waals surface area (Å²) in [5.41, 5.74) is 1.84. The Morgan fingerprint density at radius 1 is 1.06 bits per heavy atom. The number of aryl methyl sites for hydroxylation is 1. The number of amides is 4. The fourth-order valence-electron chi connectivity index (χ4n) is 4.87. The van der Waals surface area contributed by atoms with E-state index in [9.17, 15) is 14.4 Å². The van der Waals surface area contributed by atoms with Crippen LogP contribution in [0.5, 0.6) is 0 Å². The van der Waals surface area contributed by atoms with Gasteiger partial charge in [-0.1, -0.05) is 66.7 Å². The number of carbonyl (C=O) groups is 3. The van der Waals surface area contributed by atoms with E-state index >= 15 is 0 Å². The van der Waals surface area contributed by atoms with Gasteiger partial charge in [0.15, 0.2) is 0 Å². The molecule has 0 radical (unpaired) electrons. The zero-order chi connectivity index (χ0) is 21.6. The molecule has 1 aliphatic heterocycles. The molecular weight excluding hydrogens is 390 g/mol. The Morgan fingerprint density at radius 2 is 1.81 bits per heavy atom. The molecule has 0 aromatic heterocycles. The van der Waals surface area contributed by atoms with Crippen LogP contribution in [-0.2, 0) is 21.5 Å². The number of nitrogens with zero attached hydrogens (tertiary/aromatic N) is 1. The number of benzene rings is 3. The van der Waals surface area contributed by atoms with Gasteiger partial charge in [-0.15, -0.1) is 0 Å². The summed E-state index contributed by atoms with van der Waals surface area (Å²) >= 11 is 0. The maximum Gasteiger partial charge on any atom is 0.325 e. The fraction of sp³-hybridized carbons (Fsp3) is 0.240. The first-order chi connectivity index (χ1) is 15.0. The van der Waals surface area contributed by atoms with Gasteiger partial charge < -0.3 is 10.6 Å². The van der Waals surface area contributed by atoms with Crippen molar-refractivity contribution in [2.24, 2.45) is 0 Å². The number of rotatable bonds is 4. The van der Waals surface area contributed by atoms with Crippen LogP contribution < -0.4 is 10.6 Å². The van der Waals surface area contributed by atoms with Crippen molar-refractivity contribution in [1.82, 2.24) is 15.5 Å². The number of imide groups is 1. The van der Waals surface area contributed by atoms with E-state index < -0.39 is 11.6 Å². The predicted molar refractivity (Wildman–Crippen MR) is 117 cm³/mol. The minimum atomic E-state index is -1.05. The highest BCUT2D eigenvalue weighted by Gasteiger charge is 2.55. The lowest BCUT2D eigenvalue weighted by molar-refractivity contribution is -0.135. The van der Waals surface area contributed by atoms with Gasteiger partial charge in [0.05, 0.1) is 6.04 Å². The SMILES string of the molecule is C[C@H](NC(=O)CN1C(=O)N[C@@]2(CCc3ccccc32)C1=O)c1cccc2ccccc12. The van der Waals surface area contributed by atoms with Gasteiger partial charge >= 0.3 is 6.03 Å². The maximum absolute atomic E-state index is 13.2. The van der Waals surface area contributed by atoms with Crippen LogP contribution in [0, 0.1) is 0 Å². The summed E-state index contributed by atoms with van der Waals surface area (Å²) < 4.78 is 0. The summed E-state index contributed by atoms with van der Waals surface area (Å²) in [7, 11) is 0. The minimum absolute atomic E-state index is 0.263. The summed E-state index contributed by atoms with van der Waals surface area (Å²) in [5.74, 6) is -0.720. The van der Waals surface area contributed by atoms with E-state index in [0.717, 1.165) is 38.8 Å². The molecule has 1 heterocycles. The third kappa shape index (κ3) is 3.06. The molecule has 0 saturated carbocycles. The average Bonchev–Trinajstić information content (AvgIpc) is 3.26. The van der Waals surface area contributed by atoms with E-state index in [2.05, 4.69) is 10.6 Å². The molecule has 2 atom stereocenters. The molecule has 3 aromatic carbocycles. The van der Waals surface area contributed by atoms with Crippen molar-refractivity contribution in [3.63, 3.8) is 0 Å². The van der Waals surface area contributed by atoms with Crippen LogP contribution in [-0.4, -0.2) is 29.3 Å². The van der Waals surface area contributed by atoms with Crippen molar-refractivity contribution in [2.45, 2.75) is 31.3 Å². The number of hydrogen-bond donors (Lipinski definition) is 2. The monoisotopic (exact) mass is 413 g/mol. The summed E-state index contributed by atoms with van der Waals surface area (Å²) in [6.07, 6.45) is 1.24. The number of urea groups is 1. The zero-order valence-corrected chi connectivity index (χ0v) is 17.2. The highest BCUT2D eigenvalue weighted by molar-refractivity contribution is 6.10. The summed E-state index contributed by atoms with van der Waals surface area (Å²) in [6.45, 7) is 1.60. The van der Waals surface area contributed by atoms with Crippen LogP contribution in [0.1, 0.15) is 36.1 Å². The van der Waals surface area contributed by atoms with Gasteiger partial charge in [-0.3, -0.25) is 14.5 Å². The molecule has 3 aromatic rings. The number of hydrogen-bond acceptors (Lipinski definition) is 3. The first kappa shape index (κ1) is 19.3. The van der Waals surface area contributed by atoms with Gasteiger partial charge in [0.25, 0.3) is 5.91 Å². The third-order valence-electron chi connectivity index (χ3n) is 6.39. The van der Waals surface area contributed by atoms with E-state index in [1.54, 1.807) is 0 Å². The highest BCUT2D eigenvalue weighted by atomic mass is 16.2. The third-order valence-corrected chi connectivity index (χ3v) is 6.39. The lowest BCUT2D eigenvalue weighted by atomic mass is 9.92. The largest absolute Gasteiger partial charge is 0.348 e. The van der Waals surface area contributed by atoms with Crippen LogP contribution in [0.3, 0.4) is 0 Å². The normalized spacial score (nSPS) is 20.7. The maximum atomic E-state index is 13.2. The van der Waals surface area contributed by atoms with Gasteiger partial charge in [0, 0.05) is 0 Å². The van der Waals surface area contributed by atoms with Crippen molar-refractivity contribution < 1.29 is 14.4 Å². The Kier molecular flexibility index (Phi) is 4.50. The van der Waals surface area contributed by atoms with Crippen molar-refractivity contribution in [3.05, 3.63) is 83.4 Å². The molecule has 1 fully saturated rings. The molecule has 0 unspecified atom stereocenters. The molecule has 1 saturated heterocycles. The van der Waals surface area contributed by atoms with Crippen LogP contribution in [0.4, 0.5) is 4.79 Å². The molecule has 1 aliphatic carbocycles. The van der Waals surface area contributed by atoms with Gasteiger partial charge in [-0.2, -0.15) is 0 Å². The highest BCUT2D eigenvalue weighted by Crippen LogP contribution is 2.41. The summed E-state index contributed by atoms with van der Waals surface area (Å²) in [6, 6.07) is 20.8. The smallest absolute Gasteiger partial charge is 0.325 e. The topological polar surface area (TPSA) is 78.5 Å². The number of nitrogens with one attached hydrogen (secondary N) is 2. The second-order valence-corrected chi connectivity index (χ2v) is 8.24. The van der Waals surface area contributed by atoms with E-state index in [-0.39, 0.29) is 24.4 Å². The molecule has 1 spiro atoms. The minimum Gasteiger partial charge on any atom is -0.348 e. The molecule has 6 nitrogen and oxygen atoms in total. The van der Waals surface area contributed by atoms with Crippen molar-refractivity contribution >= 4 is 28.6 Å². The van der Waals surface area contributed by atoms with Crippen molar-refractivity contribution in [2.75, 3.05) is 6.54 Å². The Labute approximate surface area is 180 Å². The van der Waals surface area contributed by atoms with Crippen LogP contribution in [0.15, 0.2) is 66.7 Å².